The second kappa shape index (κ2) is 7.43. The highest BCUT2D eigenvalue weighted by molar-refractivity contribution is 6.30. The average Bonchev–Trinajstić information content (AvgIpc) is 2.49. The molecule has 0 bridgehead atoms. The van der Waals surface area contributed by atoms with Gasteiger partial charge in [0.1, 0.15) is 11.6 Å². The molecule has 0 fully saturated rings. The van der Waals surface area contributed by atoms with Gasteiger partial charge in [-0.15, -0.1) is 0 Å². The molecular formula is C17H19ClFNO. The van der Waals surface area contributed by atoms with Gasteiger partial charge in [0, 0.05) is 5.02 Å². The fraction of sp³-hybridized carbons (Fsp3) is 0.294. The van der Waals surface area contributed by atoms with Crippen LogP contribution in [0.25, 0.3) is 0 Å². The zero-order chi connectivity index (χ0) is 15.2. The van der Waals surface area contributed by atoms with Crippen LogP contribution in [0.3, 0.4) is 0 Å². The van der Waals surface area contributed by atoms with Gasteiger partial charge in [-0.05, 0) is 60.7 Å². The summed E-state index contributed by atoms with van der Waals surface area (Å²) in [6, 6.07) is 12.7. The van der Waals surface area contributed by atoms with Crippen LogP contribution in [0.1, 0.15) is 11.1 Å². The maximum Gasteiger partial charge on any atom is 0.127 e. The van der Waals surface area contributed by atoms with Gasteiger partial charge in [0.15, 0.2) is 0 Å². The van der Waals surface area contributed by atoms with Crippen LogP contribution in [-0.2, 0) is 12.8 Å². The first-order valence-corrected chi connectivity index (χ1v) is 7.27. The molecular weight excluding hydrogens is 289 g/mol. The van der Waals surface area contributed by atoms with Gasteiger partial charge >= 0.3 is 0 Å². The van der Waals surface area contributed by atoms with Crippen LogP contribution < -0.4 is 10.5 Å². The molecule has 112 valence electrons. The number of hydrogen-bond donors (Lipinski definition) is 1. The molecule has 0 aliphatic carbocycles. The summed E-state index contributed by atoms with van der Waals surface area (Å²) in [4.78, 5) is 0. The van der Waals surface area contributed by atoms with Gasteiger partial charge in [-0.2, -0.15) is 0 Å². The highest BCUT2D eigenvalue weighted by atomic mass is 35.5. The molecule has 0 aliphatic rings. The minimum Gasteiger partial charge on any atom is -0.497 e. The van der Waals surface area contributed by atoms with Crippen molar-refractivity contribution in [3.05, 3.63) is 64.4 Å². The molecule has 0 amide bonds. The second-order valence-corrected chi connectivity index (χ2v) is 5.53. The van der Waals surface area contributed by atoms with E-state index in [2.05, 4.69) is 0 Å². The Hall–Kier alpha value is -1.58. The summed E-state index contributed by atoms with van der Waals surface area (Å²) >= 11 is 5.77. The topological polar surface area (TPSA) is 35.2 Å². The molecule has 0 radical (unpaired) electrons. The SMILES string of the molecule is COc1ccc(CC(CN)Cc2ccc(Cl)cc2F)cc1. The van der Waals surface area contributed by atoms with Crippen molar-refractivity contribution in [1.29, 1.82) is 0 Å². The summed E-state index contributed by atoms with van der Waals surface area (Å²) in [5.74, 6) is 0.747. The van der Waals surface area contributed by atoms with Crippen LogP contribution in [-0.4, -0.2) is 13.7 Å². The lowest BCUT2D eigenvalue weighted by Gasteiger charge is -2.16. The van der Waals surface area contributed by atoms with Crippen LogP contribution in [0.4, 0.5) is 4.39 Å². The lowest BCUT2D eigenvalue weighted by atomic mass is 9.92. The molecule has 4 heteroatoms. The Labute approximate surface area is 129 Å². The van der Waals surface area contributed by atoms with E-state index in [-0.39, 0.29) is 11.7 Å². The van der Waals surface area contributed by atoms with E-state index < -0.39 is 0 Å². The predicted molar refractivity (Wildman–Crippen MR) is 84.4 cm³/mol. The Morgan fingerprint density at radius 2 is 1.86 bits per heavy atom. The van der Waals surface area contributed by atoms with Crippen molar-refractivity contribution in [2.75, 3.05) is 13.7 Å². The Morgan fingerprint density at radius 3 is 2.43 bits per heavy atom. The molecule has 0 aliphatic heterocycles. The third kappa shape index (κ3) is 4.45. The number of hydrogen-bond acceptors (Lipinski definition) is 2. The fourth-order valence-electron chi connectivity index (χ4n) is 2.33. The molecule has 0 saturated carbocycles. The van der Waals surface area contributed by atoms with E-state index in [4.69, 9.17) is 22.1 Å². The average molecular weight is 308 g/mol. The van der Waals surface area contributed by atoms with E-state index in [1.54, 1.807) is 19.2 Å². The van der Waals surface area contributed by atoms with Gasteiger partial charge < -0.3 is 10.5 Å². The zero-order valence-electron chi connectivity index (χ0n) is 12.0. The van der Waals surface area contributed by atoms with E-state index in [1.807, 2.05) is 24.3 Å². The van der Waals surface area contributed by atoms with Crippen molar-refractivity contribution < 1.29 is 9.13 Å². The van der Waals surface area contributed by atoms with Gasteiger partial charge in [-0.1, -0.05) is 29.8 Å². The molecule has 0 spiro atoms. The van der Waals surface area contributed by atoms with Crippen molar-refractivity contribution >= 4 is 11.6 Å². The van der Waals surface area contributed by atoms with Gasteiger partial charge in [0.25, 0.3) is 0 Å². The molecule has 2 aromatic carbocycles. The van der Waals surface area contributed by atoms with Crippen LogP contribution >= 0.6 is 11.6 Å². The van der Waals surface area contributed by atoms with Crippen molar-refractivity contribution in [3.63, 3.8) is 0 Å². The largest absolute Gasteiger partial charge is 0.497 e. The Balaban J connectivity index is 2.05. The van der Waals surface area contributed by atoms with Crippen LogP contribution in [0.2, 0.25) is 5.02 Å². The maximum absolute atomic E-state index is 13.8. The lowest BCUT2D eigenvalue weighted by molar-refractivity contribution is 0.414. The summed E-state index contributed by atoms with van der Waals surface area (Å²) in [5.41, 5.74) is 7.65. The van der Waals surface area contributed by atoms with Crippen molar-refractivity contribution in [2.45, 2.75) is 12.8 Å². The van der Waals surface area contributed by atoms with Gasteiger partial charge in [-0.3, -0.25) is 0 Å². The maximum atomic E-state index is 13.8. The summed E-state index contributed by atoms with van der Waals surface area (Å²) in [6.07, 6.45) is 1.41. The molecule has 2 rings (SSSR count). The van der Waals surface area contributed by atoms with Crippen molar-refractivity contribution in [3.8, 4) is 5.75 Å². The fourth-order valence-corrected chi connectivity index (χ4v) is 2.49. The van der Waals surface area contributed by atoms with E-state index in [0.717, 1.165) is 12.2 Å². The van der Waals surface area contributed by atoms with Crippen molar-refractivity contribution in [2.24, 2.45) is 11.7 Å². The number of halogens is 2. The minimum atomic E-state index is -0.268. The number of ether oxygens (including phenoxy) is 1. The second-order valence-electron chi connectivity index (χ2n) is 5.09. The molecule has 2 nitrogen and oxygen atoms in total. The van der Waals surface area contributed by atoms with Gasteiger partial charge in [-0.25, -0.2) is 4.39 Å². The lowest BCUT2D eigenvalue weighted by Crippen LogP contribution is -2.20. The first kappa shape index (κ1) is 15.8. The highest BCUT2D eigenvalue weighted by Crippen LogP contribution is 2.20. The van der Waals surface area contributed by atoms with Crippen LogP contribution in [0, 0.1) is 11.7 Å². The number of benzene rings is 2. The number of nitrogens with two attached hydrogens (primary N) is 1. The smallest absolute Gasteiger partial charge is 0.127 e. The Bertz CT molecular complexity index is 586. The number of methoxy groups -OCH3 is 1. The normalized spacial score (nSPS) is 12.2. The molecule has 1 atom stereocenters. The summed E-state index contributed by atoms with van der Waals surface area (Å²) in [6.45, 7) is 0.508. The highest BCUT2D eigenvalue weighted by Gasteiger charge is 2.12. The third-order valence-electron chi connectivity index (χ3n) is 3.54. The predicted octanol–water partition coefficient (Wildman–Crippen LogP) is 3.85. The van der Waals surface area contributed by atoms with Gasteiger partial charge in [0.2, 0.25) is 0 Å². The number of rotatable bonds is 6. The summed E-state index contributed by atoms with van der Waals surface area (Å²) in [5, 5.41) is 0.413. The molecule has 1 unspecified atom stereocenters. The molecule has 21 heavy (non-hydrogen) atoms. The Kier molecular flexibility index (Phi) is 5.59. The molecule has 0 aromatic heterocycles. The quantitative estimate of drug-likeness (QED) is 0.880. The van der Waals surface area contributed by atoms with E-state index >= 15 is 0 Å². The van der Waals surface area contributed by atoms with E-state index in [1.165, 1.54) is 11.6 Å². The third-order valence-corrected chi connectivity index (χ3v) is 3.78. The molecule has 2 aromatic rings. The summed E-state index contributed by atoms with van der Waals surface area (Å²) in [7, 11) is 1.64. The summed E-state index contributed by atoms with van der Waals surface area (Å²) < 4.78 is 19.0. The van der Waals surface area contributed by atoms with Crippen LogP contribution in [0.15, 0.2) is 42.5 Å². The molecule has 0 saturated heterocycles. The Morgan fingerprint density at radius 1 is 1.14 bits per heavy atom. The first-order valence-electron chi connectivity index (χ1n) is 6.89. The van der Waals surface area contributed by atoms with Crippen LogP contribution in [0.5, 0.6) is 5.75 Å². The monoisotopic (exact) mass is 307 g/mol. The zero-order valence-corrected chi connectivity index (χ0v) is 12.7. The standard InChI is InChI=1S/C17H19ClFNO/c1-21-16-6-2-12(3-7-16)8-13(11-20)9-14-4-5-15(18)10-17(14)19/h2-7,10,13H,8-9,11,20H2,1H3. The first-order chi connectivity index (χ1) is 10.1. The van der Waals surface area contributed by atoms with E-state index in [9.17, 15) is 4.39 Å². The van der Waals surface area contributed by atoms with Gasteiger partial charge in [0.05, 0.1) is 7.11 Å². The van der Waals surface area contributed by atoms with Crippen molar-refractivity contribution in [1.82, 2.24) is 0 Å². The molecule has 0 heterocycles. The molecule has 2 N–H and O–H groups in total. The minimum absolute atomic E-state index is 0.189. The van der Waals surface area contributed by atoms with E-state index in [0.29, 0.717) is 23.6 Å².